The first-order valence-corrected chi connectivity index (χ1v) is 8.70. The highest BCUT2D eigenvalue weighted by Gasteiger charge is 2.18. The van der Waals surface area contributed by atoms with E-state index >= 15 is 0 Å². The zero-order valence-electron chi connectivity index (χ0n) is 12.7. The fourth-order valence-corrected chi connectivity index (χ4v) is 3.68. The van der Waals surface area contributed by atoms with Gasteiger partial charge in [-0.15, -0.1) is 0 Å². The van der Waals surface area contributed by atoms with Crippen LogP contribution in [-0.2, 0) is 24.1 Å². The number of rotatable bonds is 3. The second-order valence-electron chi connectivity index (χ2n) is 5.29. The van der Waals surface area contributed by atoms with Crippen LogP contribution in [0.5, 0.6) is 0 Å². The first-order chi connectivity index (χ1) is 11.2. The highest BCUT2D eigenvalue weighted by atomic mass is 35.5. The Morgan fingerprint density at radius 2 is 1.71 bits per heavy atom. The maximum Gasteiger partial charge on any atom is 0.328 e. The Kier molecular flexibility index (Phi) is 3.89. The van der Waals surface area contributed by atoms with Gasteiger partial charge in [0.15, 0.2) is 0 Å². The third kappa shape index (κ3) is 2.67. The molecule has 6 nitrogen and oxygen atoms in total. The summed E-state index contributed by atoms with van der Waals surface area (Å²) in [5, 5.41) is -0.184. The summed E-state index contributed by atoms with van der Waals surface area (Å²) in [7, 11) is -0.738. The van der Waals surface area contributed by atoms with Crippen molar-refractivity contribution in [3.8, 4) is 0 Å². The number of hydrogen-bond acceptors (Lipinski definition) is 3. The van der Waals surface area contributed by atoms with E-state index in [2.05, 4.69) is 4.72 Å². The van der Waals surface area contributed by atoms with Crippen molar-refractivity contribution in [3.63, 3.8) is 0 Å². The molecular weight excluding hydrogens is 357 g/mol. The maximum atomic E-state index is 13.2. The van der Waals surface area contributed by atoms with E-state index in [4.69, 9.17) is 11.6 Å². The van der Waals surface area contributed by atoms with Crippen LogP contribution in [0.4, 0.5) is 10.1 Å². The van der Waals surface area contributed by atoms with E-state index < -0.39 is 15.8 Å². The molecule has 0 saturated carbocycles. The van der Waals surface area contributed by atoms with Gasteiger partial charge in [0.25, 0.3) is 10.0 Å². The lowest BCUT2D eigenvalue weighted by Crippen LogP contribution is -2.19. The average Bonchev–Trinajstić information content (AvgIpc) is 2.75. The van der Waals surface area contributed by atoms with Crippen LogP contribution in [0, 0.1) is 5.82 Å². The van der Waals surface area contributed by atoms with Gasteiger partial charge in [-0.25, -0.2) is 17.6 Å². The van der Waals surface area contributed by atoms with E-state index in [0.29, 0.717) is 11.0 Å². The number of benzene rings is 2. The molecule has 24 heavy (non-hydrogen) atoms. The van der Waals surface area contributed by atoms with Crippen molar-refractivity contribution < 1.29 is 12.8 Å². The van der Waals surface area contributed by atoms with Gasteiger partial charge in [0.05, 0.1) is 26.6 Å². The molecule has 0 fully saturated rings. The minimum atomic E-state index is -3.91. The van der Waals surface area contributed by atoms with Crippen LogP contribution in [0.25, 0.3) is 11.0 Å². The molecule has 1 heterocycles. The molecule has 3 rings (SSSR count). The third-order valence-corrected chi connectivity index (χ3v) is 5.39. The zero-order valence-corrected chi connectivity index (χ0v) is 14.3. The van der Waals surface area contributed by atoms with Gasteiger partial charge in [-0.2, -0.15) is 0 Å². The highest BCUT2D eigenvalue weighted by molar-refractivity contribution is 7.92. The standard InChI is InChI=1S/C15H13ClFN3O3S/c1-19-13-6-4-10(8-14(13)20(2)15(19)21)24(22,23)18-9-3-5-12(17)11(16)7-9/h3-8,18H,1-2H3. The van der Waals surface area contributed by atoms with Crippen molar-refractivity contribution in [2.75, 3.05) is 4.72 Å². The first-order valence-electron chi connectivity index (χ1n) is 6.84. The molecule has 0 spiro atoms. The van der Waals surface area contributed by atoms with Gasteiger partial charge >= 0.3 is 5.69 Å². The van der Waals surface area contributed by atoms with E-state index in [1.807, 2.05) is 0 Å². The molecule has 0 bridgehead atoms. The molecule has 0 amide bonds. The second-order valence-corrected chi connectivity index (χ2v) is 7.38. The number of aryl methyl sites for hydroxylation is 2. The predicted octanol–water partition coefficient (Wildman–Crippen LogP) is 2.47. The summed E-state index contributed by atoms with van der Waals surface area (Å²) in [5.41, 5.74) is 0.995. The summed E-state index contributed by atoms with van der Waals surface area (Å²) in [6.45, 7) is 0. The van der Waals surface area contributed by atoms with Crippen LogP contribution in [0.3, 0.4) is 0 Å². The van der Waals surface area contributed by atoms with E-state index in [0.717, 1.165) is 6.07 Å². The number of halogens is 2. The highest BCUT2D eigenvalue weighted by Crippen LogP contribution is 2.23. The van der Waals surface area contributed by atoms with Crippen molar-refractivity contribution in [2.45, 2.75) is 4.90 Å². The van der Waals surface area contributed by atoms with Crippen LogP contribution in [-0.4, -0.2) is 17.6 Å². The molecule has 1 aromatic heterocycles. The largest absolute Gasteiger partial charge is 0.328 e. The molecule has 1 N–H and O–H groups in total. The Balaban J connectivity index is 2.06. The SMILES string of the molecule is Cn1c(=O)n(C)c2cc(S(=O)(=O)Nc3ccc(F)c(Cl)c3)ccc21. The molecule has 126 valence electrons. The topological polar surface area (TPSA) is 73.1 Å². The quantitative estimate of drug-likeness (QED) is 0.770. The predicted molar refractivity (Wildman–Crippen MR) is 90.4 cm³/mol. The van der Waals surface area contributed by atoms with Gasteiger partial charge in [0, 0.05) is 14.1 Å². The summed E-state index contributed by atoms with van der Waals surface area (Å²) in [4.78, 5) is 11.9. The van der Waals surface area contributed by atoms with Crippen molar-refractivity contribution in [3.05, 3.63) is 57.7 Å². The molecule has 9 heteroatoms. The lowest BCUT2D eigenvalue weighted by molar-refractivity contribution is 0.601. The summed E-state index contributed by atoms with van der Waals surface area (Å²) in [5.74, 6) is -0.639. The smallest absolute Gasteiger partial charge is 0.295 e. The Hall–Kier alpha value is -2.32. The van der Waals surface area contributed by atoms with Crippen LogP contribution in [0.1, 0.15) is 0 Å². The molecule has 0 aliphatic rings. The summed E-state index contributed by atoms with van der Waals surface area (Å²) >= 11 is 5.66. The van der Waals surface area contributed by atoms with E-state index in [-0.39, 0.29) is 21.3 Å². The fourth-order valence-electron chi connectivity index (χ4n) is 2.43. The lowest BCUT2D eigenvalue weighted by atomic mass is 10.3. The fraction of sp³-hybridized carbons (Fsp3) is 0.133. The minimum absolute atomic E-state index is 0.0170. The molecule has 0 atom stereocenters. The zero-order chi connectivity index (χ0) is 17.6. The lowest BCUT2D eigenvalue weighted by Gasteiger charge is -2.09. The van der Waals surface area contributed by atoms with Gasteiger partial charge in [0.2, 0.25) is 0 Å². The molecule has 3 aromatic rings. The van der Waals surface area contributed by atoms with Gasteiger partial charge in [-0.1, -0.05) is 11.6 Å². The Morgan fingerprint density at radius 1 is 1.04 bits per heavy atom. The number of nitrogens with zero attached hydrogens (tertiary/aromatic N) is 2. The van der Waals surface area contributed by atoms with Crippen LogP contribution in [0.15, 0.2) is 46.1 Å². The molecular formula is C15H13ClFN3O3S. The second kappa shape index (κ2) is 5.64. The number of imidazole rings is 1. The monoisotopic (exact) mass is 369 g/mol. The molecule has 0 aliphatic heterocycles. The van der Waals surface area contributed by atoms with E-state index in [1.54, 1.807) is 20.2 Å². The van der Waals surface area contributed by atoms with Crippen molar-refractivity contribution in [1.29, 1.82) is 0 Å². The molecule has 0 aliphatic carbocycles. The molecule has 2 aromatic carbocycles. The Labute approximate surface area is 142 Å². The van der Waals surface area contributed by atoms with Crippen molar-refractivity contribution in [1.82, 2.24) is 9.13 Å². The Bertz CT molecular complexity index is 1120. The van der Waals surface area contributed by atoms with Crippen LogP contribution in [0.2, 0.25) is 5.02 Å². The number of sulfonamides is 1. The normalized spacial score (nSPS) is 11.8. The summed E-state index contributed by atoms with van der Waals surface area (Å²) < 4.78 is 43.3. The van der Waals surface area contributed by atoms with E-state index in [1.165, 1.54) is 33.4 Å². The number of hydrogen-bond donors (Lipinski definition) is 1. The van der Waals surface area contributed by atoms with Gasteiger partial charge in [0.1, 0.15) is 5.82 Å². The average molecular weight is 370 g/mol. The first kappa shape index (κ1) is 16.5. The number of fused-ring (bicyclic) bond motifs is 1. The minimum Gasteiger partial charge on any atom is -0.295 e. The number of nitrogens with one attached hydrogen (secondary N) is 1. The molecule has 0 radical (unpaired) electrons. The third-order valence-electron chi connectivity index (χ3n) is 3.73. The summed E-state index contributed by atoms with van der Waals surface area (Å²) in [6, 6.07) is 7.90. The number of aromatic nitrogens is 2. The summed E-state index contributed by atoms with van der Waals surface area (Å²) in [6.07, 6.45) is 0. The van der Waals surface area contributed by atoms with Gasteiger partial charge in [-0.05, 0) is 36.4 Å². The number of anilines is 1. The molecule has 0 saturated heterocycles. The van der Waals surface area contributed by atoms with Gasteiger partial charge in [-0.3, -0.25) is 13.9 Å². The molecule has 0 unspecified atom stereocenters. The van der Waals surface area contributed by atoms with Crippen molar-refractivity contribution >= 4 is 38.3 Å². The van der Waals surface area contributed by atoms with Gasteiger partial charge < -0.3 is 0 Å². The Morgan fingerprint density at radius 3 is 2.38 bits per heavy atom. The van der Waals surface area contributed by atoms with Crippen LogP contribution < -0.4 is 10.4 Å². The van der Waals surface area contributed by atoms with Crippen LogP contribution >= 0.6 is 11.6 Å². The maximum absolute atomic E-state index is 13.2. The van der Waals surface area contributed by atoms with E-state index in [9.17, 15) is 17.6 Å². The van der Waals surface area contributed by atoms with Crippen molar-refractivity contribution in [2.24, 2.45) is 14.1 Å².